The molecule has 2 heterocycles. The van der Waals surface area contributed by atoms with Crippen molar-refractivity contribution in [1.82, 2.24) is 9.88 Å². The Hall–Kier alpha value is -2.81. The first kappa shape index (κ1) is 22.9. The Morgan fingerprint density at radius 2 is 2.16 bits per heavy atom. The van der Waals surface area contributed by atoms with E-state index in [9.17, 15) is 14.9 Å². The topological polar surface area (TPSA) is 139 Å². The van der Waals surface area contributed by atoms with Gasteiger partial charge in [0.1, 0.15) is 0 Å². The second kappa shape index (κ2) is 10.00. The van der Waals surface area contributed by atoms with E-state index in [1.165, 1.54) is 42.7 Å². The first-order valence-electron chi connectivity index (χ1n) is 9.42. The van der Waals surface area contributed by atoms with Gasteiger partial charge < -0.3 is 25.2 Å². The van der Waals surface area contributed by atoms with Gasteiger partial charge in [0.25, 0.3) is 0 Å². The van der Waals surface area contributed by atoms with E-state index in [1.54, 1.807) is 17.0 Å². The fourth-order valence-corrected chi connectivity index (χ4v) is 5.36. The average molecular weight is 463 g/mol. The number of carbonyl (C=O) groups excluding carboxylic acids is 1. The lowest BCUT2D eigenvalue weighted by Crippen LogP contribution is -2.41. The quantitative estimate of drug-likeness (QED) is 0.538. The summed E-state index contributed by atoms with van der Waals surface area (Å²) in [6.07, 6.45) is 0.975. The van der Waals surface area contributed by atoms with Gasteiger partial charge in [0.05, 0.1) is 37.9 Å². The van der Waals surface area contributed by atoms with Gasteiger partial charge in [-0.25, -0.2) is 9.78 Å². The van der Waals surface area contributed by atoms with Crippen molar-refractivity contribution < 1.29 is 24.2 Å². The molecule has 0 radical (unpaired) electrons. The number of benzene rings is 1. The van der Waals surface area contributed by atoms with E-state index in [1.807, 2.05) is 0 Å². The van der Waals surface area contributed by atoms with E-state index in [0.29, 0.717) is 52.1 Å². The Morgan fingerprint density at radius 1 is 1.45 bits per heavy atom. The van der Waals surface area contributed by atoms with Crippen molar-refractivity contribution in [2.45, 2.75) is 29.3 Å². The first-order valence-corrected chi connectivity index (χ1v) is 11.3. The van der Waals surface area contributed by atoms with Gasteiger partial charge in [-0.2, -0.15) is 5.26 Å². The van der Waals surface area contributed by atoms with Crippen molar-refractivity contribution in [3.8, 4) is 17.6 Å². The maximum absolute atomic E-state index is 12.5. The predicted octanol–water partition coefficient (Wildman–Crippen LogP) is 2.51. The van der Waals surface area contributed by atoms with Crippen LogP contribution in [0.3, 0.4) is 0 Å². The van der Waals surface area contributed by atoms with E-state index in [2.05, 4.69) is 11.1 Å². The number of nitrogens with two attached hydrogens (primary N) is 1. The highest BCUT2D eigenvalue weighted by atomic mass is 32.2. The molecule has 1 unspecified atom stereocenters. The van der Waals surface area contributed by atoms with Crippen molar-refractivity contribution in [2.24, 2.45) is 5.73 Å². The Bertz CT molecular complexity index is 1020. The number of rotatable bonds is 9. The smallest absolute Gasteiger partial charge is 0.355 e. The highest BCUT2D eigenvalue weighted by Gasteiger charge is 2.36. The van der Waals surface area contributed by atoms with E-state index in [0.717, 1.165) is 0 Å². The lowest BCUT2D eigenvalue weighted by atomic mass is 9.93. The summed E-state index contributed by atoms with van der Waals surface area (Å²) in [5.41, 5.74) is 7.53. The van der Waals surface area contributed by atoms with Crippen LogP contribution in [0.5, 0.6) is 11.5 Å². The van der Waals surface area contributed by atoms with Gasteiger partial charge in [-0.3, -0.25) is 4.79 Å². The van der Waals surface area contributed by atoms with Crippen molar-refractivity contribution >= 4 is 35.0 Å². The summed E-state index contributed by atoms with van der Waals surface area (Å²) in [7, 11) is 3.01. The van der Waals surface area contributed by atoms with Crippen molar-refractivity contribution in [3.05, 3.63) is 34.3 Å². The maximum Gasteiger partial charge on any atom is 0.355 e. The summed E-state index contributed by atoms with van der Waals surface area (Å²) in [6, 6.07) is 4.61. The Kier molecular flexibility index (Phi) is 7.37. The lowest BCUT2D eigenvalue weighted by Gasteiger charge is -2.30. The molecule has 2 atom stereocenters. The van der Waals surface area contributed by atoms with Crippen LogP contribution in [-0.4, -0.2) is 59.4 Å². The van der Waals surface area contributed by atoms with Crippen molar-refractivity contribution in [1.29, 1.82) is 5.26 Å². The molecule has 31 heavy (non-hydrogen) atoms. The zero-order chi connectivity index (χ0) is 22.5. The lowest BCUT2D eigenvalue weighted by molar-refractivity contribution is -0.128. The SMILES string of the molecule is COc1cc(C#N)c(C(N)[C@H]2CCC(=O)N2CCSc2nc(C(=O)O)cs2)cc1OC. The fourth-order valence-electron chi connectivity index (χ4n) is 3.55. The van der Waals surface area contributed by atoms with Crippen LogP contribution in [0.2, 0.25) is 0 Å². The van der Waals surface area contributed by atoms with E-state index < -0.39 is 12.0 Å². The molecule has 164 valence electrons. The second-order valence-electron chi connectivity index (χ2n) is 6.78. The number of nitrogens with zero attached hydrogens (tertiary/aromatic N) is 3. The summed E-state index contributed by atoms with van der Waals surface area (Å²) in [5.74, 6) is 0.405. The Labute approximate surface area is 187 Å². The molecule has 1 aromatic heterocycles. The number of hydrogen-bond acceptors (Lipinski definition) is 9. The number of thiazole rings is 1. The number of hydrogen-bond donors (Lipinski definition) is 2. The number of methoxy groups -OCH3 is 2. The highest BCUT2D eigenvalue weighted by Crippen LogP contribution is 2.36. The molecule has 1 fully saturated rings. The molecule has 1 aromatic carbocycles. The minimum absolute atomic E-state index is 0.00500. The summed E-state index contributed by atoms with van der Waals surface area (Å²) in [6.45, 7) is 0.443. The molecule has 1 amide bonds. The number of carbonyl (C=O) groups is 2. The number of ether oxygens (including phenoxy) is 2. The van der Waals surface area contributed by atoms with Gasteiger partial charge in [-0.1, -0.05) is 11.8 Å². The largest absolute Gasteiger partial charge is 0.493 e. The van der Waals surface area contributed by atoms with E-state index >= 15 is 0 Å². The first-order chi connectivity index (χ1) is 14.9. The minimum Gasteiger partial charge on any atom is -0.493 e. The number of thioether (sulfide) groups is 1. The monoisotopic (exact) mass is 462 g/mol. The number of aromatic carboxylic acids is 1. The van der Waals surface area contributed by atoms with Gasteiger partial charge in [-0.05, 0) is 18.1 Å². The van der Waals surface area contributed by atoms with Crippen LogP contribution in [0.1, 0.15) is 40.5 Å². The summed E-state index contributed by atoms with van der Waals surface area (Å²) in [4.78, 5) is 29.2. The number of carboxylic acid groups (broad SMARTS) is 1. The van der Waals surface area contributed by atoms with Crippen molar-refractivity contribution in [2.75, 3.05) is 26.5 Å². The molecule has 0 aliphatic carbocycles. The molecule has 1 aliphatic rings. The van der Waals surface area contributed by atoms with Crippen LogP contribution in [0.25, 0.3) is 0 Å². The third-order valence-electron chi connectivity index (χ3n) is 5.08. The van der Waals surface area contributed by atoms with Crippen molar-refractivity contribution in [3.63, 3.8) is 0 Å². The maximum atomic E-state index is 12.5. The third kappa shape index (κ3) is 4.92. The average Bonchev–Trinajstić information content (AvgIpc) is 3.39. The normalized spacial score (nSPS) is 16.8. The van der Waals surface area contributed by atoms with Gasteiger partial charge in [0, 0.05) is 30.2 Å². The molecule has 2 aromatic rings. The molecular weight excluding hydrogens is 440 g/mol. The van der Waals surface area contributed by atoms with Crippen LogP contribution in [-0.2, 0) is 4.79 Å². The van der Waals surface area contributed by atoms with Crippen LogP contribution in [0.4, 0.5) is 0 Å². The summed E-state index contributed by atoms with van der Waals surface area (Å²) in [5, 5.41) is 20.1. The zero-order valence-corrected chi connectivity index (χ0v) is 18.7. The van der Waals surface area contributed by atoms with E-state index in [-0.39, 0.29) is 17.6 Å². The molecule has 9 nitrogen and oxygen atoms in total. The second-order valence-corrected chi connectivity index (χ2v) is 8.98. The van der Waals surface area contributed by atoms with E-state index in [4.69, 9.17) is 20.3 Å². The van der Waals surface area contributed by atoms with Crippen LogP contribution in [0.15, 0.2) is 21.9 Å². The van der Waals surface area contributed by atoms with Gasteiger partial charge in [-0.15, -0.1) is 11.3 Å². The number of nitriles is 1. The molecule has 0 bridgehead atoms. The Morgan fingerprint density at radius 3 is 2.77 bits per heavy atom. The van der Waals surface area contributed by atoms with Crippen LogP contribution in [0, 0.1) is 11.3 Å². The molecule has 3 N–H and O–H groups in total. The predicted molar refractivity (Wildman–Crippen MR) is 116 cm³/mol. The molecule has 3 rings (SSSR count). The zero-order valence-electron chi connectivity index (χ0n) is 17.0. The van der Waals surface area contributed by atoms with Gasteiger partial charge in [0.2, 0.25) is 5.91 Å². The molecule has 0 spiro atoms. The van der Waals surface area contributed by atoms with Gasteiger partial charge in [0.15, 0.2) is 21.5 Å². The molecule has 11 heteroatoms. The number of carboxylic acids is 1. The standard InChI is InChI=1S/C20H22N4O5S2/c1-28-15-7-11(9-21)12(8-16(15)29-2)18(22)14-3-4-17(25)24(14)5-6-30-20-23-13(10-31-20)19(26)27/h7-8,10,14,18H,3-6,22H2,1-2H3,(H,26,27)/t14-,18?/m1/s1. The summed E-state index contributed by atoms with van der Waals surface area (Å²) < 4.78 is 11.2. The third-order valence-corrected chi connectivity index (χ3v) is 7.09. The highest BCUT2D eigenvalue weighted by molar-refractivity contribution is 8.01. The van der Waals surface area contributed by atoms with Gasteiger partial charge >= 0.3 is 5.97 Å². The molecule has 1 aliphatic heterocycles. The number of likely N-dealkylation sites (tertiary alicyclic amines) is 1. The van der Waals surface area contributed by atoms with Crippen LogP contribution < -0.4 is 15.2 Å². The molecule has 0 saturated carbocycles. The molecule has 1 saturated heterocycles. The minimum atomic E-state index is -1.06. The Balaban J connectivity index is 1.74. The number of amides is 1. The van der Waals surface area contributed by atoms with Crippen LogP contribution >= 0.6 is 23.1 Å². The summed E-state index contributed by atoms with van der Waals surface area (Å²) >= 11 is 2.65. The molecular formula is C20H22N4O5S2. The number of aromatic nitrogens is 1. The fraction of sp³-hybridized carbons (Fsp3) is 0.400.